The molecule has 1 aliphatic rings. The number of carboxylic acids is 2. The number of benzene rings is 1. The molecule has 0 unspecified atom stereocenters. The highest BCUT2D eigenvalue weighted by Gasteiger charge is 2.38. The van der Waals surface area contributed by atoms with Crippen LogP contribution >= 0.6 is 0 Å². The first-order chi connectivity index (χ1) is 16.6. The van der Waals surface area contributed by atoms with E-state index >= 15 is 0 Å². The smallest absolute Gasteiger partial charge is 0.475 e. The number of carbonyl (C=O) groups is 2. The SMILES string of the molecule is CCn1nc(Cc2ccc(F)c(F)c2)cc1C1CCNCC1.O=C(O)C(F)(F)F.O=C(O)C(F)(F)F. The lowest BCUT2D eigenvalue weighted by Crippen LogP contribution is -2.27. The minimum Gasteiger partial charge on any atom is -0.475 e. The van der Waals surface area contributed by atoms with E-state index in [2.05, 4.69) is 23.4 Å². The first-order valence-electron chi connectivity index (χ1n) is 10.4. The molecule has 7 nitrogen and oxygen atoms in total. The Morgan fingerprint density at radius 2 is 1.47 bits per heavy atom. The summed E-state index contributed by atoms with van der Waals surface area (Å²) < 4.78 is 91.8. The summed E-state index contributed by atoms with van der Waals surface area (Å²) in [7, 11) is 0. The van der Waals surface area contributed by atoms with Crippen LogP contribution in [-0.4, -0.2) is 57.4 Å². The van der Waals surface area contributed by atoms with Crippen LogP contribution in [0.4, 0.5) is 35.1 Å². The van der Waals surface area contributed by atoms with E-state index in [0.29, 0.717) is 12.3 Å². The molecule has 2 heterocycles. The number of halogens is 8. The number of piperidine rings is 1. The number of nitrogens with zero attached hydrogens (tertiary/aromatic N) is 2. The van der Waals surface area contributed by atoms with Gasteiger partial charge in [0, 0.05) is 24.6 Å². The van der Waals surface area contributed by atoms with Gasteiger partial charge < -0.3 is 15.5 Å². The Bertz CT molecular complexity index is 992. The zero-order valence-electron chi connectivity index (χ0n) is 18.8. The van der Waals surface area contributed by atoms with Gasteiger partial charge in [0.05, 0.1) is 5.69 Å². The van der Waals surface area contributed by atoms with E-state index in [9.17, 15) is 35.1 Å². The predicted molar refractivity (Wildman–Crippen MR) is 109 cm³/mol. The molecule has 0 aliphatic carbocycles. The van der Waals surface area contributed by atoms with Gasteiger partial charge in [0.2, 0.25) is 0 Å². The number of aliphatic carboxylic acids is 2. The van der Waals surface area contributed by atoms with E-state index in [1.807, 2.05) is 4.68 Å². The third-order valence-corrected chi connectivity index (χ3v) is 4.77. The normalized spacial score (nSPS) is 14.2. The Morgan fingerprint density at radius 3 is 1.89 bits per heavy atom. The van der Waals surface area contributed by atoms with E-state index in [1.54, 1.807) is 6.07 Å². The molecule has 0 radical (unpaired) electrons. The molecule has 1 aliphatic heterocycles. The van der Waals surface area contributed by atoms with Gasteiger partial charge in [-0.2, -0.15) is 31.4 Å². The maximum Gasteiger partial charge on any atom is 0.490 e. The van der Waals surface area contributed by atoms with Crippen molar-refractivity contribution in [2.75, 3.05) is 13.1 Å². The third kappa shape index (κ3) is 10.2. The van der Waals surface area contributed by atoms with Crippen LogP contribution in [0.5, 0.6) is 0 Å². The number of hydrogen-bond donors (Lipinski definition) is 3. The summed E-state index contributed by atoms with van der Waals surface area (Å²) >= 11 is 0. The molecule has 0 bridgehead atoms. The lowest BCUT2D eigenvalue weighted by atomic mass is 9.94. The molecule has 1 fully saturated rings. The maximum absolute atomic E-state index is 13.3. The standard InChI is InChI=1S/C17H21F2N3.2C2HF3O2/c1-2-22-17(13-5-7-20-8-6-13)11-14(21-22)9-12-3-4-15(18)16(19)10-12;2*3-2(4,5)1(6)7/h3-4,10-11,13,20H,2,5-9H2,1H3;2*(H,6,7). The van der Waals surface area contributed by atoms with Crippen LogP contribution in [0.15, 0.2) is 24.3 Å². The first-order valence-corrected chi connectivity index (χ1v) is 10.4. The largest absolute Gasteiger partial charge is 0.490 e. The minimum atomic E-state index is -5.08. The Hall–Kier alpha value is -3.23. The number of aryl methyl sites for hydroxylation is 1. The quantitative estimate of drug-likeness (QED) is 0.500. The van der Waals surface area contributed by atoms with Gasteiger partial charge in [0.15, 0.2) is 11.6 Å². The van der Waals surface area contributed by atoms with Gasteiger partial charge in [0.25, 0.3) is 0 Å². The first kappa shape index (κ1) is 30.8. The molecule has 3 rings (SSSR count). The lowest BCUT2D eigenvalue weighted by Gasteiger charge is -2.23. The second kappa shape index (κ2) is 13.2. The fourth-order valence-electron chi connectivity index (χ4n) is 3.13. The molecule has 2 aromatic rings. The fourth-order valence-corrected chi connectivity index (χ4v) is 3.13. The molecule has 36 heavy (non-hydrogen) atoms. The minimum absolute atomic E-state index is 0.530. The average molecular weight is 533 g/mol. The van der Waals surface area contributed by atoms with Crippen molar-refractivity contribution in [3.05, 3.63) is 52.9 Å². The highest BCUT2D eigenvalue weighted by atomic mass is 19.4. The molecule has 0 amide bonds. The number of carboxylic acid groups (broad SMARTS) is 2. The lowest BCUT2D eigenvalue weighted by molar-refractivity contribution is -0.193. The van der Waals surface area contributed by atoms with Crippen molar-refractivity contribution in [2.24, 2.45) is 0 Å². The summed E-state index contributed by atoms with van der Waals surface area (Å²) in [5.41, 5.74) is 2.93. The zero-order valence-corrected chi connectivity index (χ0v) is 18.8. The van der Waals surface area contributed by atoms with Crippen LogP contribution in [-0.2, 0) is 22.6 Å². The van der Waals surface area contributed by atoms with Gasteiger partial charge in [-0.15, -0.1) is 0 Å². The molecule has 202 valence electrons. The van der Waals surface area contributed by atoms with Gasteiger partial charge in [-0.05, 0) is 56.6 Å². The molecule has 0 atom stereocenters. The number of aromatic nitrogens is 2. The van der Waals surface area contributed by atoms with Gasteiger partial charge in [0.1, 0.15) is 0 Å². The van der Waals surface area contributed by atoms with E-state index < -0.39 is 35.9 Å². The van der Waals surface area contributed by atoms with Crippen molar-refractivity contribution in [1.82, 2.24) is 15.1 Å². The zero-order chi connectivity index (χ0) is 27.7. The number of nitrogens with one attached hydrogen (secondary N) is 1. The van der Waals surface area contributed by atoms with Crippen LogP contribution in [0.2, 0.25) is 0 Å². The summed E-state index contributed by atoms with van der Waals surface area (Å²) in [5.74, 6) is -6.59. The van der Waals surface area contributed by atoms with Crippen LogP contribution in [0.3, 0.4) is 0 Å². The Kier molecular flexibility index (Phi) is 11.3. The second-order valence-corrected chi connectivity index (χ2v) is 7.43. The van der Waals surface area contributed by atoms with Crippen molar-refractivity contribution >= 4 is 11.9 Å². The summed E-state index contributed by atoms with van der Waals surface area (Å²) in [6.07, 6.45) is -7.39. The molecular formula is C21H23F8N3O4. The third-order valence-electron chi connectivity index (χ3n) is 4.77. The summed E-state index contributed by atoms with van der Waals surface area (Å²) in [4.78, 5) is 17.8. The van der Waals surface area contributed by atoms with Gasteiger partial charge in [-0.1, -0.05) is 6.07 Å². The number of alkyl halides is 6. The number of rotatable bonds is 4. The van der Waals surface area contributed by atoms with Crippen LogP contribution in [0, 0.1) is 11.6 Å². The molecule has 1 aromatic heterocycles. The van der Waals surface area contributed by atoms with Crippen LogP contribution in [0.25, 0.3) is 0 Å². The second-order valence-electron chi connectivity index (χ2n) is 7.43. The van der Waals surface area contributed by atoms with E-state index in [1.165, 1.54) is 17.8 Å². The van der Waals surface area contributed by atoms with Crippen molar-refractivity contribution in [2.45, 2.75) is 51.0 Å². The fraction of sp³-hybridized carbons (Fsp3) is 0.476. The molecule has 1 aromatic carbocycles. The Labute approximate surface area is 199 Å². The van der Waals surface area contributed by atoms with Crippen LogP contribution in [0.1, 0.15) is 42.6 Å². The highest BCUT2D eigenvalue weighted by molar-refractivity contribution is 5.73. The molecule has 0 spiro atoms. The molecule has 1 saturated heterocycles. The van der Waals surface area contributed by atoms with Gasteiger partial charge >= 0.3 is 24.3 Å². The Morgan fingerprint density at radius 1 is 0.972 bits per heavy atom. The van der Waals surface area contributed by atoms with E-state index in [-0.39, 0.29) is 0 Å². The summed E-state index contributed by atoms with van der Waals surface area (Å²) in [6.45, 7) is 4.99. The van der Waals surface area contributed by atoms with Crippen molar-refractivity contribution in [3.63, 3.8) is 0 Å². The number of hydrogen-bond acceptors (Lipinski definition) is 4. The average Bonchev–Trinajstić information content (AvgIpc) is 3.19. The predicted octanol–water partition coefficient (Wildman–Crippen LogP) is 4.51. The monoisotopic (exact) mass is 533 g/mol. The summed E-state index contributed by atoms with van der Waals surface area (Å²) in [6, 6.07) is 6.17. The molecule has 3 N–H and O–H groups in total. The van der Waals surface area contributed by atoms with Crippen molar-refractivity contribution < 1.29 is 54.9 Å². The van der Waals surface area contributed by atoms with Gasteiger partial charge in [-0.25, -0.2) is 18.4 Å². The van der Waals surface area contributed by atoms with Crippen molar-refractivity contribution in [1.29, 1.82) is 0 Å². The molecular weight excluding hydrogens is 510 g/mol. The van der Waals surface area contributed by atoms with Crippen LogP contribution < -0.4 is 5.32 Å². The highest BCUT2D eigenvalue weighted by Crippen LogP contribution is 2.26. The molecule has 0 saturated carbocycles. The topological polar surface area (TPSA) is 104 Å². The Balaban J connectivity index is 0.000000383. The van der Waals surface area contributed by atoms with Gasteiger partial charge in [-0.3, -0.25) is 4.68 Å². The van der Waals surface area contributed by atoms with E-state index in [4.69, 9.17) is 19.8 Å². The van der Waals surface area contributed by atoms with E-state index in [0.717, 1.165) is 43.7 Å². The summed E-state index contributed by atoms with van der Waals surface area (Å²) in [5, 5.41) is 22.3. The van der Waals surface area contributed by atoms with Crippen molar-refractivity contribution in [3.8, 4) is 0 Å². The maximum atomic E-state index is 13.3. The molecule has 15 heteroatoms.